The molecule has 2 aromatic carbocycles. The SMILES string of the molecule is CCCN(CCC)C(=O)c1ccc(CN(Cc2cccc(F)c2)Cc2ccc(OC)c(OC)c2)o1. The second-order valence-electron chi connectivity index (χ2n) is 8.52. The number of ether oxygens (including phenoxy) is 2. The van der Waals surface area contributed by atoms with Gasteiger partial charge in [0.05, 0.1) is 20.8 Å². The Balaban J connectivity index is 1.81. The fourth-order valence-electron chi connectivity index (χ4n) is 4.11. The van der Waals surface area contributed by atoms with E-state index >= 15 is 0 Å². The highest BCUT2D eigenvalue weighted by Crippen LogP contribution is 2.28. The number of hydrogen-bond donors (Lipinski definition) is 0. The number of hydrogen-bond acceptors (Lipinski definition) is 5. The Labute approximate surface area is 207 Å². The molecule has 6 nitrogen and oxygen atoms in total. The van der Waals surface area contributed by atoms with E-state index in [-0.39, 0.29) is 11.7 Å². The van der Waals surface area contributed by atoms with Crippen molar-refractivity contribution in [2.45, 2.75) is 46.3 Å². The van der Waals surface area contributed by atoms with Crippen molar-refractivity contribution in [2.75, 3.05) is 27.3 Å². The molecule has 0 saturated heterocycles. The fourth-order valence-corrected chi connectivity index (χ4v) is 4.11. The lowest BCUT2D eigenvalue weighted by molar-refractivity contribution is 0.0719. The molecule has 1 amide bonds. The Morgan fingerprint density at radius 3 is 2.17 bits per heavy atom. The molecule has 0 atom stereocenters. The Morgan fingerprint density at radius 2 is 1.54 bits per heavy atom. The maximum absolute atomic E-state index is 13.8. The van der Waals surface area contributed by atoms with Gasteiger partial charge < -0.3 is 18.8 Å². The van der Waals surface area contributed by atoms with Crippen molar-refractivity contribution in [3.63, 3.8) is 0 Å². The Hall–Kier alpha value is -3.32. The van der Waals surface area contributed by atoms with Gasteiger partial charge >= 0.3 is 0 Å². The van der Waals surface area contributed by atoms with E-state index < -0.39 is 0 Å². The summed E-state index contributed by atoms with van der Waals surface area (Å²) in [4.78, 5) is 16.9. The zero-order chi connectivity index (χ0) is 25.2. The molecule has 3 rings (SSSR count). The van der Waals surface area contributed by atoms with Gasteiger partial charge in [-0.05, 0) is 60.4 Å². The van der Waals surface area contributed by atoms with Crippen LogP contribution in [0.15, 0.2) is 59.0 Å². The van der Waals surface area contributed by atoms with Gasteiger partial charge in [0.1, 0.15) is 11.6 Å². The number of amides is 1. The molecule has 0 saturated carbocycles. The second kappa shape index (κ2) is 13.0. The van der Waals surface area contributed by atoms with E-state index in [0.717, 1.165) is 24.0 Å². The number of carbonyl (C=O) groups is 1. The third-order valence-corrected chi connectivity index (χ3v) is 5.68. The lowest BCUT2D eigenvalue weighted by Crippen LogP contribution is -2.32. The van der Waals surface area contributed by atoms with Crippen LogP contribution in [0.25, 0.3) is 0 Å². The minimum Gasteiger partial charge on any atom is -0.493 e. The summed E-state index contributed by atoms with van der Waals surface area (Å²) < 4.78 is 30.6. The van der Waals surface area contributed by atoms with Gasteiger partial charge in [-0.2, -0.15) is 0 Å². The van der Waals surface area contributed by atoms with Gasteiger partial charge in [0.2, 0.25) is 0 Å². The van der Waals surface area contributed by atoms with E-state index in [1.807, 2.05) is 35.2 Å². The lowest BCUT2D eigenvalue weighted by Gasteiger charge is -2.22. The largest absolute Gasteiger partial charge is 0.493 e. The Bertz CT molecular complexity index is 1090. The van der Waals surface area contributed by atoms with Crippen molar-refractivity contribution in [3.8, 4) is 11.5 Å². The number of benzene rings is 2. The first-order valence-corrected chi connectivity index (χ1v) is 12.0. The van der Waals surface area contributed by atoms with Crippen molar-refractivity contribution in [1.29, 1.82) is 0 Å². The minimum absolute atomic E-state index is 0.0866. The highest BCUT2D eigenvalue weighted by Gasteiger charge is 2.19. The van der Waals surface area contributed by atoms with E-state index in [9.17, 15) is 9.18 Å². The van der Waals surface area contributed by atoms with Gasteiger partial charge in [0.25, 0.3) is 5.91 Å². The molecule has 1 heterocycles. The molecule has 0 aliphatic carbocycles. The van der Waals surface area contributed by atoms with Gasteiger partial charge in [0, 0.05) is 26.2 Å². The first-order chi connectivity index (χ1) is 17.0. The van der Waals surface area contributed by atoms with Crippen LogP contribution >= 0.6 is 0 Å². The van der Waals surface area contributed by atoms with Gasteiger partial charge in [-0.15, -0.1) is 0 Å². The van der Waals surface area contributed by atoms with Crippen LogP contribution in [0.5, 0.6) is 11.5 Å². The van der Waals surface area contributed by atoms with Crippen molar-refractivity contribution in [2.24, 2.45) is 0 Å². The summed E-state index contributed by atoms with van der Waals surface area (Å²) in [5, 5.41) is 0. The van der Waals surface area contributed by atoms with Gasteiger partial charge in [0.15, 0.2) is 17.3 Å². The minimum atomic E-state index is -0.272. The van der Waals surface area contributed by atoms with Crippen molar-refractivity contribution >= 4 is 5.91 Å². The lowest BCUT2D eigenvalue weighted by atomic mass is 10.1. The first kappa shape index (κ1) is 26.3. The van der Waals surface area contributed by atoms with Crippen LogP contribution in [0.1, 0.15) is 54.1 Å². The Morgan fingerprint density at radius 1 is 0.857 bits per heavy atom. The van der Waals surface area contributed by atoms with Gasteiger partial charge in [-0.1, -0.05) is 32.0 Å². The number of rotatable bonds is 13. The summed E-state index contributed by atoms with van der Waals surface area (Å²) in [5.41, 5.74) is 1.87. The van der Waals surface area contributed by atoms with Crippen LogP contribution < -0.4 is 9.47 Å². The summed E-state index contributed by atoms with van der Waals surface area (Å²) in [6.07, 6.45) is 1.79. The smallest absolute Gasteiger partial charge is 0.289 e. The number of methoxy groups -OCH3 is 2. The van der Waals surface area contributed by atoms with E-state index in [0.29, 0.717) is 55.7 Å². The number of nitrogens with zero attached hydrogens (tertiary/aromatic N) is 2. The van der Waals surface area contributed by atoms with Crippen molar-refractivity contribution < 1.29 is 23.1 Å². The molecule has 0 unspecified atom stereocenters. The summed E-state index contributed by atoms with van der Waals surface area (Å²) >= 11 is 0. The molecule has 7 heteroatoms. The summed E-state index contributed by atoms with van der Waals surface area (Å²) in [7, 11) is 3.21. The standard InChI is InChI=1S/C28H35FN2O4/c1-5-14-31(15-6-2)28(32)26-13-11-24(35-26)20-30(18-21-8-7-9-23(29)16-21)19-22-10-12-25(33-3)27(17-22)34-4/h7-13,16-17H,5-6,14-15,18-20H2,1-4H3. The van der Waals surface area contributed by atoms with Gasteiger partial charge in [-0.3, -0.25) is 9.69 Å². The summed E-state index contributed by atoms with van der Waals surface area (Å²) in [6, 6.07) is 15.9. The number of furan rings is 1. The van der Waals surface area contributed by atoms with E-state index in [2.05, 4.69) is 18.7 Å². The summed E-state index contributed by atoms with van der Waals surface area (Å²) in [5.74, 6) is 1.97. The highest BCUT2D eigenvalue weighted by molar-refractivity contribution is 5.91. The Kier molecular flexibility index (Phi) is 9.73. The third kappa shape index (κ3) is 7.33. The maximum atomic E-state index is 13.8. The summed E-state index contributed by atoms with van der Waals surface area (Å²) in [6.45, 7) is 7.05. The van der Waals surface area contributed by atoms with E-state index in [4.69, 9.17) is 13.9 Å². The second-order valence-corrected chi connectivity index (χ2v) is 8.52. The average Bonchev–Trinajstić information content (AvgIpc) is 3.31. The molecule has 0 fully saturated rings. The average molecular weight is 483 g/mol. The maximum Gasteiger partial charge on any atom is 0.289 e. The third-order valence-electron chi connectivity index (χ3n) is 5.68. The first-order valence-electron chi connectivity index (χ1n) is 12.0. The molecule has 0 aliphatic heterocycles. The van der Waals surface area contributed by atoms with Crippen LogP contribution in [0.3, 0.4) is 0 Å². The van der Waals surface area contributed by atoms with Crippen molar-refractivity contribution in [1.82, 2.24) is 9.80 Å². The molecular formula is C28H35FN2O4. The van der Waals surface area contributed by atoms with Gasteiger partial charge in [-0.25, -0.2) is 4.39 Å². The molecule has 35 heavy (non-hydrogen) atoms. The topological polar surface area (TPSA) is 55.2 Å². The zero-order valence-electron chi connectivity index (χ0n) is 21.1. The molecule has 0 aliphatic rings. The van der Waals surface area contributed by atoms with Crippen LogP contribution in [0.4, 0.5) is 4.39 Å². The quantitative estimate of drug-likeness (QED) is 0.304. The fraction of sp³-hybridized carbons (Fsp3) is 0.393. The number of carbonyl (C=O) groups excluding carboxylic acids is 1. The molecule has 1 aromatic heterocycles. The molecule has 0 spiro atoms. The molecule has 0 N–H and O–H groups in total. The molecule has 3 aromatic rings. The molecule has 188 valence electrons. The zero-order valence-corrected chi connectivity index (χ0v) is 21.1. The number of halogens is 1. The highest BCUT2D eigenvalue weighted by atomic mass is 19.1. The van der Waals surface area contributed by atoms with Crippen LogP contribution in [-0.4, -0.2) is 43.0 Å². The predicted octanol–water partition coefficient (Wildman–Crippen LogP) is 5.90. The van der Waals surface area contributed by atoms with E-state index in [1.165, 1.54) is 12.1 Å². The van der Waals surface area contributed by atoms with Crippen LogP contribution in [0.2, 0.25) is 0 Å². The molecular weight excluding hydrogens is 447 g/mol. The normalized spacial score (nSPS) is 11.0. The molecule has 0 bridgehead atoms. The van der Waals surface area contributed by atoms with Crippen molar-refractivity contribution in [3.05, 3.63) is 83.1 Å². The monoisotopic (exact) mass is 482 g/mol. The predicted molar refractivity (Wildman–Crippen MR) is 134 cm³/mol. The molecule has 0 radical (unpaired) electrons. The van der Waals surface area contributed by atoms with Crippen LogP contribution in [0, 0.1) is 5.82 Å². The van der Waals surface area contributed by atoms with E-state index in [1.54, 1.807) is 26.4 Å². The van der Waals surface area contributed by atoms with Crippen LogP contribution in [-0.2, 0) is 19.6 Å².